The van der Waals surface area contributed by atoms with Gasteiger partial charge in [-0.15, -0.1) is 10.2 Å². The standard InChI is InChI=1S/C10H7BrFN3O2S2/c11-5-1-2-6(12)7(3-5)13-9-14-15-10(19-9)18-4-8(16)17/h1-3H,4H2,(H,13,14)(H,16,17). The van der Waals surface area contributed by atoms with Gasteiger partial charge in [-0.1, -0.05) is 39.0 Å². The first-order valence-corrected chi connectivity index (χ1v) is 7.54. The van der Waals surface area contributed by atoms with Gasteiger partial charge in [-0.3, -0.25) is 4.79 Å². The lowest BCUT2D eigenvalue weighted by molar-refractivity contribution is -0.133. The number of aliphatic carboxylic acids is 1. The van der Waals surface area contributed by atoms with Gasteiger partial charge >= 0.3 is 5.97 Å². The van der Waals surface area contributed by atoms with E-state index in [9.17, 15) is 9.18 Å². The Morgan fingerprint density at radius 3 is 3.05 bits per heavy atom. The number of nitrogens with one attached hydrogen (secondary N) is 1. The van der Waals surface area contributed by atoms with Crippen molar-refractivity contribution in [3.63, 3.8) is 0 Å². The van der Waals surface area contributed by atoms with E-state index < -0.39 is 11.8 Å². The molecule has 0 spiro atoms. The molecule has 100 valence electrons. The van der Waals surface area contributed by atoms with E-state index in [1.807, 2.05) is 0 Å². The van der Waals surface area contributed by atoms with Crippen LogP contribution in [0, 0.1) is 5.82 Å². The number of hydrogen-bond donors (Lipinski definition) is 2. The summed E-state index contributed by atoms with van der Waals surface area (Å²) in [4.78, 5) is 10.4. The maximum absolute atomic E-state index is 13.5. The normalized spacial score (nSPS) is 10.4. The summed E-state index contributed by atoms with van der Waals surface area (Å²) in [6.45, 7) is 0. The van der Waals surface area contributed by atoms with E-state index in [2.05, 4.69) is 31.4 Å². The molecule has 0 saturated carbocycles. The second-order valence-electron chi connectivity index (χ2n) is 3.30. The fourth-order valence-electron chi connectivity index (χ4n) is 1.15. The number of benzene rings is 1. The summed E-state index contributed by atoms with van der Waals surface area (Å²) in [5, 5.41) is 19.4. The molecule has 2 rings (SSSR count). The third-order valence-corrected chi connectivity index (χ3v) is 4.35. The summed E-state index contributed by atoms with van der Waals surface area (Å²) in [6, 6.07) is 4.50. The van der Waals surface area contributed by atoms with E-state index in [0.29, 0.717) is 9.47 Å². The van der Waals surface area contributed by atoms with Crippen molar-refractivity contribution in [1.82, 2.24) is 10.2 Å². The summed E-state index contributed by atoms with van der Waals surface area (Å²) < 4.78 is 14.8. The van der Waals surface area contributed by atoms with Crippen molar-refractivity contribution in [2.45, 2.75) is 4.34 Å². The summed E-state index contributed by atoms with van der Waals surface area (Å²) in [5.74, 6) is -1.41. The smallest absolute Gasteiger partial charge is 0.313 e. The van der Waals surface area contributed by atoms with E-state index in [4.69, 9.17) is 5.11 Å². The van der Waals surface area contributed by atoms with Gasteiger partial charge in [0.2, 0.25) is 5.13 Å². The number of rotatable bonds is 5. The summed E-state index contributed by atoms with van der Waals surface area (Å²) >= 11 is 5.49. The van der Waals surface area contributed by atoms with Crippen LogP contribution >= 0.6 is 39.0 Å². The van der Waals surface area contributed by atoms with Gasteiger partial charge in [0.1, 0.15) is 5.82 Å². The Morgan fingerprint density at radius 2 is 2.32 bits per heavy atom. The van der Waals surface area contributed by atoms with E-state index in [-0.39, 0.29) is 11.4 Å². The predicted molar refractivity (Wildman–Crippen MR) is 75.7 cm³/mol. The molecule has 0 aliphatic rings. The Balaban J connectivity index is 2.07. The van der Waals surface area contributed by atoms with Crippen molar-refractivity contribution in [2.24, 2.45) is 0 Å². The van der Waals surface area contributed by atoms with Crippen LogP contribution in [0.4, 0.5) is 15.2 Å². The molecule has 5 nitrogen and oxygen atoms in total. The van der Waals surface area contributed by atoms with Crippen molar-refractivity contribution >= 4 is 55.8 Å². The maximum Gasteiger partial charge on any atom is 0.313 e. The van der Waals surface area contributed by atoms with Crippen molar-refractivity contribution in [2.75, 3.05) is 11.1 Å². The van der Waals surface area contributed by atoms with Gasteiger partial charge in [0.05, 0.1) is 11.4 Å². The van der Waals surface area contributed by atoms with Crippen LogP contribution in [0.25, 0.3) is 0 Å². The number of nitrogens with zero attached hydrogens (tertiary/aromatic N) is 2. The van der Waals surface area contributed by atoms with E-state index >= 15 is 0 Å². The molecule has 9 heteroatoms. The molecule has 0 atom stereocenters. The summed E-state index contributed by atoms with van der Waals surface area (Å²) in [5.41, 5.74) is 0.278. The molecule has 2 N–H and O–H groups in total. The molecule has 0 amide bonds. The number of thioether (sulfide) groups is 1. The van der Waals surface area contributed by atoms with Crippen LogP contribution in [0.5, 0.6) is 0 Å². The average Bonchev–Trinajstić information content (AvgIpc) is 2.79. The highest BCUT2D eigenvalue weighted by molar-refractivity contribution is 9.10. The number of carboxylic acids is 1. The van der Waals surface area contributed by atoms with Crippen LogP contribution < -0.4 is 5.32 Å². The van der Waals surface area contributed by atoms with Gasteiger partial charge in [-0.2, -0.15) is 0 Å². The number of carbonyl (C=O) groups is 1. The Bertz CT molecular complexity index is 608. The summed E-state index contributed by atoms with van der Waals surface area (Å²) in [6.07, 6.45) is 0. The molecule has 0 aliphatic heterocycles. The monoisotopic (exact) mass is 363 g/mol. The highest BCUT2D eigenvalue weighted by Crippen LogP contribution is 2.29. The lowest BCUT2D eigenvalue weighted by Gasteiger charge is -2.03. The highest BCUT2D eigenvalue weighted by Gasteiger charge is 2.09. The molecule has 1 heterocycles. The van der Waals surface area contributed by atoms with Crippen LogP contribution in [-0.4, -0.2) is 27.0 Å². The molecule has 0 aliphatic carbocycles. The highest BCUT2D eigenvalue weighted by atomic mass is 79.9. The van der Waals surface area contributed by atoms with Crippen LogP contribution in [0.3, 0.4) is 0 Å². The number of aromatic nitrogens is 2. The summed E-state index contributed by atoms with van der Waals surface area (Å²) in [7, 11) is 0. The van der Waals surface area contributed by atoms with Gasteiger partial charge in [-0.05, 0) is 18.2 Å². The van der Waals surface area contributed by atoms with Crippen LogP contribution in [0.2, 0.25) is 0 Å². The minimum Gasteiger partial charge on any atom is -0.481 e. The number of carboxylic acid groups (broad SMARTS) is 1. The zero-order chi connectivity index (χ0) is 13.8. The van der Waals surface area contributed by atoms with Crippen LogP contribution in [-0.2, 0) is 4.79 Å². The first kappa shape index (κ1) is 14.2. The van der Waals surface area contributed by atoms with Crippen molar-refractivity contribution in [1.29, 1.82) is 0 Å². The molecule has 0 unspecified atom stereocenters. The zero-order valence-corrected chi connectivity index (χ0v) is 12.5. The third kappa shape index (κ3) is 4.15. The Hall–Kier alpha value is -1.19. The van der Waals surface area contributed by atoms with Crippen LogP contribution in [0.1, 0.15) is 0 Å². The van der Waals surface area contributed by atoms with Gasteiger partial charge in [0, 0.05) is 4.47 Å². The average molecular weight is 364 g/mol. The minimum absolute atomic E-state index is 0.0835. The lowest BCUT2D eigenvalue weighted by Crippen LogP contribution is -1.96. The van der Waals surface area contributed by atoms with Gasteiger partial charge in [0.15, 0.2) is 4.34 Å². The molecule has 0 fully saturated rings. The van der Waals surface area contributed by atoms with Crippen molar-refractivity contribution in [3.05, 3.63) is 28.5 Å². The quantitative estimate of drug-likeness (QED) is 0.793. The second-order valence-corrected chi connectivity index (χ2v) is 6.42. The molecule has 2 aromatic rings. The zero-order valence-electron chi connectivity index (χ0n) is 9.26. The molecular formula is C10H7BrFN3O2S2. The lowest BCUT2D eigenvalue weighted by atomic mass is 10.3. The largest absolute Gasteiger partial charge is 0.481 e. The topological polar surface area (TPSA) is 75.1 Å². The number of halogens is 2. The van der Waals surface area contributed by atoms with E-state index in [0.717, 1.165) is 16.2 Å². The van der Waals surface area contributed by atoms with Crippen LogP contribution in [0.15, 0.2) is 27.0 Å². The first-order valence-electron chi connectivity index (χ1n) is 4.95. The van der Waals surface area contributed by atoms with Gasteiger partial charge in [-0.25, -0.2) is 4.39 Å². The molecular weight excluding hydrogens is 357 g/mol. The Kier molecular flexibility index (Phi) is 4.72. The third-order valence-electron chi connectivity index (χ3n) is 1.90. The van der Waals surface area contributed by atoms with E-state index in [1.165, 1.54) is 17.4 Å². The Morgan fingerprint density at radius 1 is 1.53 bits per heavy atom. The minimum atomic E-state index is -0.923. The second kappa shape index (κ2) is 6.31. The first-order chi connectivity index (χ1) is 9.04. The Labute approximate surface area is 124 Å². The van der Waals surface area contributed by atoms with Crippen molar-refractivity contribution in [3.8, 4) is 0 Å². The number of anilines is 2. The predicted octanol–water partition coefficient (Wildman–Crippen LogP) is 3.36. The number of hydrogen-bond acceptors (Lipinski definition) is 6. The molecule has 0 saturated heterocycles. The molecule has 0 bridgehead atoms. The SMILES string of the molecule is O=C(O)CSc1nnc(Nc2cc(Br)ccc2F)s1. The molecule has 0 radical (unpaired) electrons. The fraction of sp³-hybridized carbons (Fsp3) is 0.100. The van der Waals surface area contributed by atoms with Gasteiger partial charge < -0.3 is 10.4 Å². The molecule has 19 heavy (non-hydrogen) atoms. The molecule has 1 aromatic carbocycles. The molecule has 1 aromatic heterocycles. The van der Waals surface area contributed by atoms with E-state index in [1.54, 1.807) is 12.1 Å². The fourth-order valence-corrected chi connectivity index (χ4v) is 3.00. The van der Waals surface area contributed by atoms with Crippen molar-refractivity contribution < 1.29 is 14.3 Å². The maximum atomic E-state index is 13.5. The van der Waals surface area contributed by atoms with Gasteiger partial charge in [0.25, 0.3) is 0 Å².